The summed E-state index contributed by atoms with van der Waals surface area (Å²) in [6.45, 7) is 0.169. The van der Waals surface area contributed by atoms with Gasteiger partial charge in [-0.3, -0.25) is 4.79 Å². The number of fused-ring (bicyclic) bond motifs is 4. The quantitative estimate of drug-likeness (QED) is 0.357. The molecular formula is C30H24FNO2. The van der Waals surface area contributed by atoms with Crippen molar-refractivity contribution in [1.82, 2.24) is 0 Å². The van der Waals surface area contributed by atoms with Gasteiger partial charge in [-0.1, -0.05) is 60.7 Å². The van der Waals surface area contributed by atoms with Gasteiger partial charge in [0.25, 0.3) is 0 Å². The number of carbonyl (C=O) groups excluding carboxylic acids is 1. The molecule has 4 aromatic rings. The summed E-state index contributed by atoms with van der Waals surface area (Å²) < 4.78 is 19.7. The molecule has 4 heteroatoms. The molecule has 0 saturated carbocycles. The molecule has 0 fully saturated rings. The van der Waals surface area contributed by atoms with Crippen molar-refractivity contribution < 1.29 is 13.9 Å². The van der Waals surface area contributed by atoms with Gasteiger partial charge in [0.15, 0.2) is 5.78 Å². The van der Waals surface area contributed by atoms with E-state index in [0.717, 1.165) is 29.7 Å². The lowest BCUT2D eigenvalue weighted by Gasteiger charge is -2.35. The molecule has 1 heterocycles. The number of carbonyl (C=O) groups is 1. The molecule has 1 aliphatic carbocycles. The van der Waals surface area contributed by atoms with E-state index in [9.17, 15) is 9.18 Å². The van der Waals surface area contributed by atoms with Crippen molar-refractivity contribution in [3.05, 3.63) is 113 Å². The van der Waals surface area contributed by atoms with E-state index >= 15 is 0 Å². The number of hydrogen-bond donors (Lipinski definition) is 1. The van der Waals surface area contributed by atoms with Crippen LogP contribution >= 0.6 is 0 Å². The molecule has 1 atom stereocenters. The van der Waals surface area contributed by atoms with Gasteiger partial charge in [-0.2, -0.15) is 0 Å². The number of nitrogens with one attached hydrogen (secondary N) is 1. The van der Waals surface area contributed by atoms with Crippen LogP contribution in [0.5, 0.6) is 5.75 Å². The van der Waals surface area contributed by atoms with Crippen LogP contribution in [-0.2, 0) is 11.4 Å². The zero-order valence-electron chi connectivity index (χ0n) is 18.7. The van der Waals surface area contributed by atoms with Crippen LogP contribution in [0.4, 0.5) is 10.1 Å². The summed E-state index contributed by atoms with van der Waals surface area (Å²) in [5.74, 6) is 0.614. The summed E-state index contributed by atoms with van der Waals surface area (Å²) in [6, 6.07) is 26.8. The number of ketones is 1. The fourth-order valence-corrected chi connectivity index (χ4v) is 5.19. The number of benzene rings is 4. The Morgan fingerprint density at radius 3 is 2.53 bits per heavy atom. The lowest BCUT2D eigenvalue weighted by molar-refractivity contribution is -0.116. The van der Waals surface area contributed by atoms with E-state index in [1.807, 2.05) is 30.3 Å². The molecule has 3 nitrogen and oxygen atoms in total. The second-order valence-electron chi connectivity index (χ2n) is 8.90. The molecule has 0 unspecified atom stereocenters. The van der Waals surface area contributed by atoms with E-state index < -0.39 is 0 Å². The summed E-state index contributed by atoms with van der Waals surface area (Å²) in [4.78, 5) is 13.2. The Bertz CT molecular complexity index is 1440. The van der Waals surface area contributed by atoms with E-state index in [4.69, 9.17) is 4.74 Å². The molecule has 0 amide bonds. The van der Waals surface area contributed by atoms with E-state index in [1.165, 1.54) is 28.0 Å². The Labute approximate surface area is 197 Å². The maximum Gasteiger partial charge on any atom is 0.161 e. The Hall–Kier alpha value is -3.92. The molecule has 0 aromatic heterocycles. The van der Waals surface area contributed by atoms with Crippen LogP contribution in [0.1, 0.15) is 42.0 Å². The van der Waals surface area contributed by atoms with Crippen LogP contribution in [0.25, 0.3) is 16.3 Å². The highest BCUT2D eigenvalue weighted by molar-refractivity contribution is 6.12. The van der Waals surface area contributed by atoms with Crippen LogP contribution in [0.15, 0.2) is 90.5 Å². The molecule has 6 rings (SSSR count). The normalized spacial score (nSPS) is 17.2. The predicted octanol–water partition coefficient (Wildman–Crippen LogP) is 7.23. The third-order valence-corrected chi connectivity index (χ3v) is 6.84. The number of hydrogen-bond acceptors (Lipinski definition) is 3. The molecule has 0 saturated heterocycles. The lowest BCUT2D eigenvalue weighted by atomic mass is 9.77. The number of anilines is 1. The second-order valence-corrected chi connectivity index (χ2v) is 8.90. The predicted molar refractivity (Wildman–Crippen MR) is 133 cm³/mol. The molecule has 0 spiro atoms. The highest BCUT2D eigenvalue weighted by Gasteiger charge is 2.34. The van der Waals surface area contributed by atoms with Gasteiger partial charge in [0.05, 0.1) is 6.04 Å². The SMILES string of the molecule is O=C1CCCC2=C1[C@H](c1ccc(OCc3ccccc3F)cc1)Nc1ccc3ccccc3c12. The van der Waals surface area contributed by atoms with Gasteiger partial charge >= 0.3 is 0 Å². The molecule has 0 bridgehead atoms. The smallest absolute Gasteiger partial charge is 0.161 e. The average Bonchev–Trinajstić information content (AvgIpc) is 2.88. The second kappa shape index (κ2) is 8.45. The summed E-state index contributed by atoms with van der Waals surface area (Å²) in [5.41, 5.74) is 5.83. The summed E-state index contributed by atoms with van der Waals surface area (Å²) in [6.07, 6.45) is 2.38. The van der Waals surface area contributed by atoms with Crippen molar-refractivity contribution in [2.75, 3.05) is 5.32 Å². The minimum atomic E-state index is -0.271. The zero-order valence-corrected chi connectivity index (χ0v) is 18.7. The third-order valence-electron chi connectivity index (χ3n) is 6.84. The highest BCUT2D eigenvalue weighted by Crippen LogP contribution is 2.48. The number of halogens is 1. The van der Waals surface area contributed by atoms with Gasteiger partial charge in [0.1, 0.15) is 18.2 Å². The maximum atomic E-state index is 13.9. The monoisotopic (exact) mass is 449 g/mol. The standard InChI is InChI=1S/C30H24FNO2/c31-25-10-4-2-7-21(25)18-34-22-15-12-20(13-16-22)30-29-24(9-5-11-27(29)33)28-23-8-3-1-6-19(23)14-17-26(28)32-30/h1-4,6-8,10,12-17,30,32H,5,9,11,18H2/t30-/m0/s1. The fourth-order valence-electron chi connectivity index (χ4n) is 5.19. The minimum Gasteiger partial charge on any atom is -0.489 e. The first kappa shape index (κ1) is 20.7. The van der Waals surface area contributed by atoms with Gasteiger partial charge in [-0.05, 0) is 59.0 Å². The van der Waals surface area contributed by atoms with E-state index in [0.29, 0.717) is 17.7 Å². The molecule has 34 heavy (non-hydrogen) atoms. The molecule has 4 aromatic carbocycles. The summed E-state index contributed by atoms with van der Waals surface area (Å²) >= 11 is 0. The lowest BCUT2D eigenvalue weighted by Crippen LogP contribution is -2.27. The van der Waals surface area contributed by atoms with Crippen molar-refractivity contribution in [2.24, 2.45) is 0 Å². The first-order valence-corrected chi connectivity index (χ1v) is 11.7. The van der Waals surface area contributed by atoms with E-state index in [-0.39, 0.29) is 24.2 Å². The summed E-state index contributed by atoms with van der Waals surface area (Å²) in [5, 5.41) is 6.02. The number of rotatable bonds is 4. The Kier molecular flexibility index (Phi) is 5.14. The maximum absolute atomic E-state index is 13.9. The Morgan fingerprint density at radius 1 is 0.882 bits per heavy atom. The van der Waals surface area contributed by atoms with Gasteiger partial charge < -0.3 is 10.1 Å². The Morgan fingerprint density at radius 2 is 1.68 bits per heavy atom. The van der Waals surface area contributed by atoms with Crippen molar-refractivity contribution >= 4 is 27.8 Å². The molecular weight excluding hydrogens is 425 g/mol. The molecule has 1 N–H and O–H groups in total. The number of Topliss-reactive ketones (excluding diaryl/α,β-unsaturated/α-hetero) is 1. The van der Waals surface area contributed by atoms with Crippen LogP contribution in [-0.4, -0.2) is 5.78 Å². The fraction of sp³-hybridized carbons (Fsp3) is 0.167. The van der Waals surface area contributed by atoms with Gasteiger partial charge in [0, 0.05) is 28.8 Å². The van der Waals surface area contributed by atoms with Crippen LogP contribution in [0.2, 0.25) is 0 Å². The number of ether oxygens (including phenoxy) is 1. The third kappa shape index (κ3) is 3.56. The van der Waals surface area contributed by atoms with Crippen LogP contribution in [0.3, 0.4) is 0 Å². The topological polar surface area (TPSA) is 38.3 Å². The van der Waals surface area contributed by atoms with Crippen molar-refractivity contribution in [3.63, 3.8) is 0 Å². The van der Waals surface area contributed by atoms with Crippen molar-refractivity contribution in [1.29, 1.82) is 0 Å². The van der Waals surface area contributed by atoms with E-state index in [1.54, 1.807) is 18.2 Å². The highest BCUT2D eigenvalue weighted by atomic mass is 19.1. The average molecular weight is 450 g/mol. The van der Waals surface area contributed by atoms with Crippen LogP contribution < -0.4 is 10.1 Å². The van der Waals surface area contributed by atoms with Crippen molar-refractivity contribution in [3.8, 4) is 5.75 Å². The van der Waals surface area contributed by atoms with Gasteiger partial charge in [-0.15, -0.1) is 0 Å². The first-order valence-electron chi connectivity index (χ1n) is 11.7. The molecule has 1 aliphatic heterocycles. The van der Waals surface area contributed by atoms with Gasteiger partial charge in [0.2, 0.25) is 0 Å². The molecule has 2 aliphatic rings. The molecule has 0 radical (unpaired) electrons. The Balaban J connectivity index is 1.34. The summed E-state index contributed by atoms with van der Waals surface area (Å²) in [7, 11) is 0. The largest absolute Gasteiger partial charge is 0.489 e. The van der Waals surface area contributed by atoms with Crippen LogP contribution in [0, 0.1) is 5.82 Å². The van der Waals surface area contributed by atoms with Crippen molar-refractivity contribution in [2.45, 2.75) is 31.9 Å². The molecule has 168 valence electrons. The van der Waals surface area contributed by atoms with Gasteiger partial charge in [-0.25, -0.2) is 4.39 Å². The first-order chi connectivity index (χ1) is 16.7. The zero-order chi connectivity index (χ0) is 23.1. The number of allylic oxidation sites excluding steroid dienone is 1. The minimum absolute atomic E-state index is 0.169. The van der Waals surface area contributed by atoms with E-state index in [2.05, 4.69) is 35.6 Å².